The van der Waals surface area contributed by atoms with E-state index in [0.717, 1.165) is 5.56 Å². The average Bonchev–Trinajstić information content (AvgIpc) is 3.24. The molecule has 0 radical (unpaired) electrons. The molecule has 1 saturated heterocycles. The van der Waals surface area contributed by atoms with Gasteiger partial charge in [0.25, 0.3) is 0 Å². The molecule has 0 saturated carbocycles. The molecule has 2 aromatic carbocycles. The van der Waals surface area contributed by atoms with Crippen LogP contribution in [0.15, 0.2) is 47.4 Å². The van der Waals surface area contributed by atoms with Crippen LogP contribution >= 0.6 is 0 Å². The van der Waals surface area contributed by atoms with Crippen molar-refractivity contribution in [2.45, 2.75) is 52.4 Å². The van der Waals surface area contributed by atoms with Crippen LogP contribution in [0.3, 0.4) is 0 Å². The van der Waals surface area contributed by atoms with Crippen molar-refractivity contribution in [1.29, 1.82) is 0 Å². The second-order valence-corrected chi connectivity index (χ2v) is 12.9. The third-order valence-electron chi connectivity index (χ3n) is 6.58. The highest BCUT2D eigenvalue weighted by Crippen LogP contribution is 2.37. The summed E-state index contributed by atoms with van der Waals surface area (Å²) in [6.07, 6.45) is 0.889. The molecule has 1 amide bonds. The number of nitrogens with one attached hydrogen (secondary N) is 1. The molecule has 3 aromatic rings. The number of carboxylic acids is 1. The van der Waals surface area contributed by atoms with Gasteiger partial charge < -0.3 is 19.9 Å². The van der Waals surface area contributed by atoms with E-state index in [-0.39, 0.29) is 71.8 Å². The summed E-state index contributed by atoms with van der Waals surface area (Å²) in [6, 6.07) is 11.8. The lowest BCUT2D eigenvalue weighted by Crippen LogP contribution is -2.40. The van der Waals surface area contributed by atoms with Crippen LogP contribution in [0.25, 0.3) is 5.69 Å². The number of carbonyl (C=O) groups is 2. The summed E-state index contributed by atoms with van der Waals surface area (Å²) in [5.74, 6) is -1.44. The van der Waals surface area contributed by atoms with Crippen molar-refractivity contribution < 1.29 is 32.6 Å². The highest BCUT2D eigenvalue weighted by atomic mass is 32.2. The van der Waals surface area contributed by atoms with Crippen molar-refractivity contribution in [1.82, 2.24) is 14.1 Å². The molecule has 1 fully saturated rings. The molecule has 220 valence electrons. The minimum Gasteiger partial charge on any atom is -0.476 e. The normalized spacial score (nSPS) is 14.6. The third-order valence-corrected chi connectivity index (χ3v) is 8.50. The van der Waals surface area contributed by atoms with Gasteiger partial charge in [0.1, 0.15) is 10.6 Å². The van der Waals surface area contributed by atoms with Crippen LogP contribution in [0.5, 0.6) is 11.6 Å². The number of hydrogen-bond acceptors (Lipinski definition) is 7. The molecule has 1 aliphatic rings. The molecule has 4 rings (SSSR count). The Hall–Kier alpha value is -3.74. The van der Waals surface area contributed by atoms with E-state index < -0.39 is 16.0 Å². The summed E-state index contributed by atoms with van der Waals surface area (Å²) in [7, 11) is -4.09. The number of sulfonamides is 1. The third kappa shape index (κ3) is 6.77. The Kier molecular flexibility index (Phi) is 8.86. The Morgan fingerprint density at radius 2 is 1.80 bits per heavy atom. The molecule has 0 unspecified atom stereocenters. The van der Waals surface area contributed by atoms with Crippen molar-refractivity contribution in [2.75, 3.05) is 31.6 Å². The van der Waals surface area contributed by atoms with Crippen molar-refractivity contribution in [3.05, 3.63) is 59.3 Å². The van der Waals surface area contributed by atoms with Crippen LogP contribution in [0, 0.1) is 12.3 Å². The van der Waals surface area contributed by atoms with Gasteiger partial charge in [-0.2, -0.15) is 14.1 Å². The lowest BCUT2D eigenvalue weighted by atomic mass is 9.92. The molecule has 0 bridgehead atoms. The van der Waals surface area contributed by atoms with Gasteiger partial charge in [-0.15, -0.1) is 0 Å². The number of ether oxygens (including phenoxy) is 2. The molecule has 11 nitrogen and oxygen atoms in total. The molecule has 2 N–H and O–H groups in total. The van der Waals surface area contributed by atoms with Crippen LogP contribution in [0.1, 0.15) is 55.7 Å². The van der Waals surface area contributed by atoms with Gasteiger partial charge in [0.15, 0.2) is 5.69 Å². The molecule has 0 aliphatic carbocycles. The van der Waals surface area contributed by atoms with Crippen LogP contribution < -0.4 is 10.1 Å². The number of hydrogen-bond donors (Lipinski definition) is 2. The van der Waals surface area contributed by atoms with E-state index in [1.807, 2.05) is 39.8 Å². The van der Waals surface area contributed by atoms with E-state index in [2.05, 4.69) is 10.4 Å². The van der Waals surface area contributed by atoms with E-state index in [4.69, 9.17) is 9.47 Å². The summed E-state index contributed by atoms with van der Waals surface area (Å²) in [5.41, 5.74) is 1.57. The fraction of sp³-hybridized carbons (Fsp3) is 0.414. The van der Waals surface area contributed by atoms with Gasteiger partial charge in [0.05, 0.1) is 18.9 Å². The first-order valence-electron chi connectivity index (χ1n) is 13.4. The second kappa shape index (κ2) is 12.0. The Morgan fingerprint density at radius 3 is 2.44 bits per heavy atom. The quantitative estimate of drug-likeness (QED) is 0.371. The van der Waals surface area contributed by atoms with Crippen molar-refractivity contribution in [3.63, 3.8) is 0 Å². The number of aromatic nitrogens is 2. The van der Waals surface area contributed by atoms with Gasteiger partial charge in [-0.3, -0.25) is 4.79 Å². The molecular formula is C29H36N4O7S. The van der Waals surface area contributed by atoms with Crippen LogP contribution in [-0.4, -0.2) is 65.8 Å². The van der Waals surface area contributed by atoms with Crippen molar-refractivity contribution in [3.8, 4) is 17.3 Å². The van der Waals surface area contributed by atoms with E-state index in [0.29, 0.717) is 17.8 Å². The lowest BCUT2D eigenvalue weighted by Gasteiger charge is -2.27. The zero-order valence-electron chi connectivity index (χ0n) is 23.9. The number of anilines is 1. The smallest absolute Gasteiger partial charge is 0.356 e. The maximum Gasteiger partial charge on any atom is 0.356 e. The maximum absolute atomic E-state index is 13.9. The van der Waals surface area contributed by atoms with E-state index in [9.17, 15) is 23.1 Å². The van der Waals surface area contributed by atoms with Crippen LogP contribution in [0.4, 0.5) is 5.69 Å². The van der Waals surface area contributed by atoms with Gasteiger partial charge in [-0.25, -0.2) is 13.2 Å². The van der Waals surface area contributed by atoms with Crippen LogP contribution in [0.2, 0.25) is 0 Å². The predicted octanol–water partition coefficient (Wildman–Crippen LogP) is 4.63. The van der Waals surface area contributed by atoms with Crippen molar-refractivity contribution >= 4 is 27.6 Å². The van der Waals surface area contributed by atoms with Crippen molar-refractivity contribution in [2.24, 2.45) is 5.41 Å². The molecule has 1 aromatic heterocycles. The SMILES string of the molecule is CCc1ccccc1-n1nc(C(=O)O)c(C)c1Oc1ccc(NC(=O)CC(C)(C)C)cc1S(=O)(=O)N1CCOCC1. The molecule has 12 heteroatoms. The largest absolute Gasteiger partial charge is 0.476 e. The van der Waals surface area contributed by atoms with E-state index in [1.54, 1.807) is 25.1 Å². The summed E-state index contributed by atoms with van der Waals surface area (Å²) in [6.45, 7) is 10.2. The number of carboxylic acid groups (broad SMARTS) is 1. The number of benzene rings is 2. The minimum absolute atomic E-state index is 0.0273. The topological polar surface area (TPSA) is 140 Å². The number of amides is 1. The highest BCUT2D eigenvalue weighted by Gasteiger charge is 2.32. The average molecular weight is 585 g/mol. The predicted molar refractivity (Wildman–Crippen MR) is 153 cm³/mol. The molecule has 0 spiro atoms. The molecule has 41 heavy (non-hydrogen) atoms. The molecule has 2 heterocycles. The van der Waals surface area contributed by atoms with Gasteiger partial charge in [0, 0.05) is 30.8 Å². The first-order chi connectivity index (χ1) is 19.3. The first-order valence-corrected chi connectivity index (χ1v) is 14.9. The monoisotopic (exact) mass is 584 g/mol. The standard InChI is InChI=1S/C29H36N4O7S/c1-6-20-9-7-8-10-22(20)33-27(19(2)26(31-33)28(35)36)40-23-12-11-21(30-25(34)18-29(3,4)5)17-24(23)41(37,38)32-13-15-39-16-14-32/h7-12,17H,6,13-16,18H2,1-5H3,(H,30,34)(H,35,36). The summed E-state index contributed by atoms with van der Waals surface area (Å²) in [5, 5.41) is 16.9. The number of nitrogens with zero attached hydrogens (tertiary/aromatic N) is 3. The number of carbonyl (C=O) groups excluding carboxylic acids is 1. The summed E-state index contributed by atoms with van der Waals surface area (Å²) >= 11 is 0. The number of para-hydroxylation sites is 1. The maximum atomic E-state index is 13.9. The second-order valence-electron chi connectivity index (χ2n) is 11.0. The lowest BCUT2D eigenvalue weighted by molar-refractivity contribution is -0.117. The Morgan fingerprint density at radius 1 is 1.12 bits per heavy atom. The molecule has 1 aliphatic heterocycles. The van der Waals surface area contributed by atoms with Gasteiger partial charge in [-0.1, -0.05) is 45.9 Å². The zero-order valence-corrected chi connectivity index (χ0v) is 24.7. The van der Waals surface area contributed by atoms with Crippen LogP contribution in [-0.2, 0) is 26.0 Å². The highest BCUT2D eigenvalue weighted by molar-refractivity contribution is 7.89. The summed E-state index contributed by atoms with van der Waals surface area (Å²) in [4.78, 5) is 24.5. The number of morpholine rings is 1. The van der Waals surface area contributed by atoms with E-state index in [1.165, 1.54) is 21.1 Å². The molecule has 0 atom stereocenters. The van der Waals surface area contributed by atoms with E-state index >= 15 is 0 Å². The summed E-state index contributed by atoms with van der Waals surface area (Å²) < 4.78 is 42.1. The first kappa shape index (κ1) is 30.2. The Labute approximate surface area is 240 Å². The minimum atomic E-state index is -4.09. The Bertz CT molecular complexity index is 1550. The van der Waals surface area contributed by atoms with Gasteiger partial charge in [0.2, 0.25) is 21.8 Å². The van der Waals surface area contributed by atoms with Gasteiger partial charge in [-0.05, 0) is 48.6 Å². The molecular weight excluding hydrogens is 548 g/mol. The fourth-order valence-electron chi connectivity index (χ4n) is 4.57. The Balaban J connectivity index is 1.84. The fourth-order valence-corrected chi connectivity index (χ4v) is 6.12. The number of aryl methyl sites for hydroxylation is 1. The van der Waals surface area contributed by atoms with Gasteiger partial charge >= 0.3 is 5.97 Å². The number of rotatable bonds is 9. The number of aromatic carboxylic acids is 1. The zero-order chi connectivity index (χ0) is 29.9.